The Morgan fingerprint density at radius 1 is 1.58 bits per heavy atom. The molecule has 0 aliphatic carbocycles. The Morgan fingerprint density at radius 3 is 2.25 bits per heavy atom. The van der Waals surface area contributed by atoms with Gasteiger partial charge in [0.2, 0.25) is 0 Å². The smallest absolute Gasteiger partial charge is 0.404 e. The number of aliphatic hydroxyl groups is 3. The van der Waals surface area contributed by atoms with Crippen molar-refractivity contribution < 1.29 is 56.7 Å². The van der Waals surface area contributed by atoms with Crippen LogP contribution in [0.4, 0.5) is 0 Å². The standard InChI is InChI=1S/C4H6O6S.Cd/c5-1(3(7)8)2(6)4(9)10-11;/h1-2,5-6,9H,(H,7,8);/p-1. The molecule has 0 aromatic heterocycles. The number of hydrogen-bond donors (Lipinski definition) is 3. The van der Waals surface area contributed by atoms with Crippen LogP contribution in [0, 0.1) is 6.29 Å². The summed E-state index contributed by atoms with van der Waals surface area (Å²) in [5, 5.41) is 35.3. The zero-order valence-electron chi connectivity index (χ0n) is 5.84. The summed E-state index contributed by atoms with van der Waals surface area (Å²) >= 11 is 3.79. The van der Waals surface area contributed by atoms with Crippen molar-refractivity contribution in [2.24, 2.45) is 0 Å². The van der Waals surface area contributed by atoms with Gasteiger partial charge in [-0.3, -0.25) is 0 Å². The second-order valence-electron chi connectivity index (χ2n) is 1.63. The summed E-state index contributed by atoms with van der Waals surface area (Å²) < 4.78 is 3.64. The van der Waals surface area contributed by atoms with Crippen LogP contribution < -0.4 is 5.11 Å². The quantitative estimate of drug-likeness (QED) is 0.284. The molecule has 0 fully saturated rings. The molecule has 2 atom stereocenters. The van der Waals surface area contributed by atoms with Gasteiger partial charge in [-0.25, -0.2) is 0 Å². The van der Waals surface area contributed by atoms with E-state index in [0.29, 0.717) is 0 Å². The maximum atomic E-state index is 9.83. The Labute approximate surface area is 93.9 Å². The largest absolute Gasteiger partial charge is 0.557 e. The Hall–Kier alpha value is 0.452. The maximum absolute atomic E-state index is 9.83. The first-order chi connectivity index (χ1) is 5.00. The fourth-order valence-corrected chi connectivity index (χ4v) is 0.412. The Bertz CT molecular complexity index is 144. The van der Waals surface area contributed by atoms with Crippen LogP contribution >= 0.6 is 0 Å². The zero-order valence-corrected chi connectivity index (χ0v) is 10.7. The van der Waals surface area contributed by atoms with Crippen molar-refractivity contribution in [2.75, 3.05) is 0 Å². The first kappa shape index (κ1) is 14.9. The van der Waals surface area contributed by atoms with Crippen LogP contribution in [0.15, 0.2) is 0 Å². The molecule has 12 heavy (non-hydrogen) atoms. The van der Waals surface area contributed by atoms with Gasteiger partial charge in [0.15, 0.2) is 6.10 Å². The van der Waals surface area contributed by atoms with Gasteiger partial charge >= 0.3 is 6.29 Å². The van der Waals surface area contributed by atoms with Gasteiger partial charge in [-0.1, -0.05) is 0 Å². The van der Waals surface area contributed by atoms with E-state index < -0.39 is 24.5 Å². The molecule has 0 rings (SSSR count). The number of aliphatic carboxylic acids is 1. The van der Waals surface area contributed by atoms with Crippen LogP contribution in [-0.2, 0) is 49.2 Å². The summed E-state index contributed by atoms with van der Waals surface area (Å²) in [6.07, 6.45) is -5.49. The van der Waals surface area contributed by atoms with Crippen molar-refractivity contribution in [3.8, 4) is 0 Å². The SMILES string of the molecule is O=C([O-])C(O)C(O)[C+](O)O[S-].[Cd]. The average Bonchev–Trinajstić information content (AvgIpc) is 2.00. The van der Waals surface area contributed by atoms with Crippen LogP contribution in [0.2, 0.25) is 0 Å². The van der Waals surface area contributed by atoms with Crippen molar-refractivity contribution >= 4 is 18.9 Å². The van der Waals surface area contributed by atoms with E-state index >= 15 is 0 Å². The minimum absolute atomic E-state index is 0. The van der Waals surface area contributed by atoms with Gasteiger partial charge in [0.25, 0.3) is 6.10 Å². The molecule has 0 aromatic rings. The molecule has 0 aliphatic heterocycles. The fraction of sp³-hybridized carbons (Fsp3) is 0.500. The molecular formula is C4H5CdO6S-. The monoisotopic (exact) mass is 295 g/mol. The van der Waals surface area contributed by atoms with Crippen molar-refractivity contribution in [1.82, 2.24) is 0 Å². The minimum Gasteiger partial charge on any atom is -0.557 e. The predicted octanol–water partition coefficient (Wildman–Crippen LogP) is -3.20. The normalized spacial score (nSPS) is 14.3. The van der Waals surface area contributed by atoms with Gasteiger partial charge in [0, 0.05) is 27.3 Å². The van der Waals surface area contributed by atoms with Gasteiger partial charge in [-0.2, -0.15) is 5.11 Å². The molecule has 2 unspecified atom stereocenters. The molecule has 0 heterocycles. The van der Waals surface area contributed by atoms with E-state index in [1.807, 2.05) is 0 Å². The number of carbonyl (C=O) groups is 1. The molecule has 0 amide bonds. The van der Waals surface area contributed by atoms with E-state index in [0.717, 1.165) is 0 Å². The van der Waals surface area contributed by atoms with Gasteiger partial charge in [0.05, 0.1) is 5.97 Å². The fourth-order valence-electron chi connectivity index (χ4n) is 0.313. The minimum atomic E-state index is -2.25. The topological polar surface area (TPSA) is 110 Å². The zero-order chi connectivity index (χ0) is 9.02. The van der Waals surface area contributed by atoms with Crippen molar-refractivity contribution in [3.05, 3.63) is 6.29 Å². The Morgan fingerprint density at radius 2 is 2.00 bits per heavy atom. The Kier molecular flexibility index (Phi) is 8.61. The van der Waals surface area contributed by atoms with Crippen LogP contribution in [0.25, 0.3) is 0 Å². The number of carboxylic acid groups (broad SMARTS) is 1. The van der Waals surface area contributed by atoms with Gasteiger partial charge in [-0.05, 0) is 0 Å². The predicted molar refractivity (Wildman–Crippen MR) is 30.6 cm³/mol. The van der Waals surface area contributed by atoms with Gasteiger partial charge in [0.1, 0.15) is 0 Å². The van der Waals surface area contributed by atoms with E-state index in [1.165, 1.54) is 0 Å². The molecule has 0 aliphatic rings. The van der Waals surface area contributed by atoms with Crippen LogP contribution in [-0.4, -0.2) is 33.5 Å². The third-order valence-electron chi connectivity index (χ3n) is 0.879. The van der Waals surface area contributed by atoms with Crippen molar-refractivity contribution in [2.45, 2.75) is 12.2 Å². The second-order valence-corrected chi connectivity index (χ2v) is 1.80. The summed E-state index contributed by atoms with van der Waals surface area (Å²) in [4.78, 5) is 9.83. The molecule has 0 radical (unpaired) electrons. The third-order valence-corrected chi connectivity index (χ3v) is 1.05. The first-order valence-corrected chi connectivity index (χ1v) is 2.76. The number of aliphatic hydroxyl groups excluding tert-OH is 3. The first-order valence-electron chi connectivity index (χ1n) is 2.43. The molecule has 0 spiro atoms. The summed E-state index contributed by atoms with van der Waals surface area (Å²) in [6, 6.07) is 0. The molecule has 8 heteroatoms. The molecule has 3 N–H and O–H groups in total. The molecule has 6 nitrogen and oxygen atoms in total. The maximum Gasteiger partial charge on any atom is 0.404 e. The molecule has 0 bridgehead atoms. The number of hydrogen-bond acceptors (Lipinski definition) is 7. The van der Waals surface area contributed by atoms with Crippen molar-refractivity contribution in [3.63, 3.8) is 0 Å². The van der Waals surface area contributed by atoms with Crippen LogP contribution in [0.5, 0.6) is 0 Å². The Balaban J connectivity index is 0. The molecule has 0 aromatic carbocycles. The number of carboxylic acids is 1. The second kappa shape index (κ2) is 6.91. The third kappa shape index (κ3) is 4.47. The van der Waals surface area contributed by atoms with Gasteiger partial charge < -0.3 is 37.2 Å². The van der Waals surface area contributed by atoms with E-state index in [-0.39, 0.29) is 27.3 Å². The molecule has 0 saturated heterocycles. The molecule has 66 valence electrons. The van der Waals surface area contributed by atoms with Gasteiger partial charge in [-0.15, -0.1) is 0 Å². The number of rotatable bonds is 4. The van der Waals surface area contributed by atoms with Crippen molar-refractivity contribution in [1.29, 1.82) is 0 Å². The summed E-state index contributed by atoms with van der Waals surface area (Å²) in [7, 11) is 0. The van der Waals surface area contributed by atoms with Crippen LogP contribution in [0.1, 0.15) is 0 Å². The molecule has 0 saturated carbocycles. The summed E-state index contributed by atoms with van der Waals surface area (Å²) in [5.41, 5.74) is 0. The van der Waals surface area contributed by atoms with E-state index in [9.17, 15) is 9.90 Å². The van der Waals surface area contributed by atoms with E-state index in [1.54, 1.807) is 0 Å². The number of carbonyl (C=O) groups excluding carboxylic acids is 1. The van der Waals surface area contributed by atoms with Crippen LogP contribution in [0.3, 0.4) is 0 Å². The van der Waals surface area contributed by atoms with E-state index in [2.05, 4.69) is 17.1 Å². The van der Waals surface area contributed by atoms with E-state index in [4.69, 9.17) is 15.3 Å². The molecular weight excluding hydrogens is 289 g/mol. The summed E-state index contributed by atoms with van der Waals surface area (Å²) in [6.45, 7) is 0. The average molecular weight is 294 g/mol. The summed E-state index contributed by atoms with van der Waals surface area (Å²) in [5.74, 6) is -1.93.